The lowest BCUT2D eigenvalue weighted by atomic mass is 10.2. The van der Waals surface area contributed by atoms with E-state index in [4.69, 9.17) is 5.84 Å². The number of nitrogen functional groups attached to an aromatic ring is 1. The normalized spacial score (nSPS) is 11.2. The summed E-state index contributed by atoms with van der Waals surface area (Å²) in [6, 6.07) is 1.72. The highest BCUT2D eigenvalue weighted by molar-refractivity contribution is 7.99. The summed E-state index contributed by atoms with van der Waals surface area (Å²) in [6.45, 7) is 0. The number of alkyl halides is 3. The summed E-state index contributed by atoms with van der Waals surface area (Å²) in [5.41, 5.74) is 1.22. The van der Waals surface area contributed by atoms with Gasteiger partial charge in [0.1, 0.15) is 5.82 Å². The van der Waals surface area contributed by atoms with Gasteiger partial charge in [0.25, 0.3) is 0 Å². The van der Waals surface area contributed by atoms with Crippen LogP contribution in [0, 0.1) is 0 Å². The molecular formula is C10H12F3N3O2S. The number of rotatable bonds is 5. The molecule has 0 aliphatic rings. The summed E-state index contributed by atoms with van der Waals surface area (Å²) < 4.78 is 42.3. The van der Waals surface area contributed by atoms with Crippen molar-refractivity contribution in [3.05, 3.63) is 17.7 Å². The number of carbonyl (C=O) groups is 1. The second-order valence-electron chi connectivity index (χ2n) is 3.40. The van der Waals surface area contributed by atoms with Crippen LogP contribution in [0.2, 0.25) is 0 Å². The molecule has 19 heavy (non-hydrogen) atoms. The fraction of sp³-hybridized carbons (Fsp3) is 0.400. The number of carbonyl (C=O) groups excluding carboxylic acids is 1. The predicted octanol–water partition coefficient (Wildman–Crippen LogP) is 2.04. The molecule has 0 spiro atoms. The summed E-state index contributed by atoms with van der Waals surface area (Å²) in [7, 11) is 1.24. The standard InChI is InChI=1S/C10H12F3N3O2S/c1-18-9(17)2-3-19-8-5-6(10(11,12)13)4-7(15-8)16-14/h4-5H,2-3,14H2,1H3,(H,15,16). The van der Waals surface area contributed by atoms with E-state index in [2.05, 4.69) is 15.1 Å². The number of hydrogen-bond donors (Lipinski definition) is 2. The topological polar surface area (TPSA) is 77.2 Å². The minimum Gasteiger partial charge on any atom is -0.469 e. The van der Waals surface area contributed by atoms with Crippen molar-refractivity contribution in [1.29, 1.82) is 0 Å². The maximum Gasteiger partial charge on any atom is 0.416 e. The first-order valence-electron chi connectivity index (χ1n) is 5.12. The first-order valence-corrected chi connectivity index (χ1v) is 6.11. The number of anilines is 1. The van der Waals surface area contributed by atoms with Crippen LogP contribution < -0.4 is 11.3 Å². The Balaban J connectivity index is 2.80. The third-order valence-corrected chi connectivity index (χ3v) is 2.97. The highest BCUT2D eigenvalue weighted by Gasteiger charge is 2.31. The molecule has 0 aromatic carbocycles. The third kappa shape index (κ3) is 4.95. The average molecular weight is 295 g/mol. The second kappa shape index (κ2) is 6.62. The molecule has 3 N–H and O–H groups in total. The van der Waals surface area contributed by atoms with Crippen LogP contribution in [0.3, 0.4) is 0 Å². The molecule has 0 atom stereocenters. The number of halogens is 3. The minimum atomic E-state index is -4.48. The minimum absolute atomic E-state index is 0.0876. The van der Waals surface area contributed by atoms with Crippen molar-refractivity contribution in [3.63, 3.8) is 0 Å². The first-order chi connectivity index (χ1) is 8.86. The van der Waals surface area contributed by atoms with Gasteiger partial charge in [0.2, 0.25) is 0 Å². The van der Waals surface area contributed by atoms with Gasteiger partial charge in [-0.25, -0.2) is 10.8 Å². The number of ether oxygens (including phenoxy) is 1. The molecule has 0 fully saturated rings. The van der Waals surface area contributed by atoms with Crippen molar-refractivity contribution in [3.8, 4) is 0 Å². The molecule has 1 aromatic heterocycles. The Morgan fingerprint density at radius 3 is 2.74 bits per heavy atom. The van der Waals surface area contributed by atoms with E-state index in [9.17, 15) is 18.0 Å². The zero-order chi connectivity index (χ0) is 14.5. The molecule has 106 valence electrons. The maximum absolute atomic E-state index is 12.6. The van der Waals surface area contributed by atoms with Crippen LogP contribution in [-0.4, -0.2) is 23.8 Å². The molecule has 1 heterocycles. The van der Waals surface area contributed by atoms with Gasteiger partial charge in [-0.15, -0.1) is 11.8 Å². The van der Waals surface area contributed by atoms with E-state index >= 15 is 0 Å². The number of nitrogens with one attached hydrogen (secondary N) is 1. The van der Waals surface area contributed by atoms with Crippen LogP contribution in [0.5, 0.6) is 0 Å². The quantitative estimate of drug-likeness (QED) is 0.375. The molecule has 0 bridgehead atoms. The smallest absolute Gasteiger partial charge is 0.416 e. The number of thioether (sulfide) groups is 1. The molecule has 1 aromatic rings. The maximum atomic E-state index is 12.6. The van der Waals surface area contributed by atoms with Gasteiger partial charge in [0.15, 0.2) is 0 Å². The lowest BCUT2D eigenvalue weighted by molar-refractivity contribution is -0.140. The zero-order valence-corrected chi connectivity index (χ0v) is 10.8. The number of methoxy groups -OCH3 is 1. The number of aromatic nitrogens is 1. The van der Waals surface area contributed by atoms with Crippen LogP contribution in [0.4, 0.5) is 19.0 Å². The predicted molar refractivity (Wildman–Crippen MR) is 64.4 cm³/mol. The third-order valence-electron chi connectivity index (χ3n) is 2.06. The number of nitrogens with two attached hydrogens (primary N) is 1. The van der Waals surface area contributed by atoms with Gasteiger partial charge in [-0.1, -0.05) is 0 Å². The van der Waals surface area contributed by atoms with E-state index in [0.717, 1.165) is 23.9 Å². The van der Waals surface area contributed by atoms with Gasteiger partial charge in [-0.2, -0.15) is 13.2 Å². The Kier molecular flexibility index (Phi) is 5.43. The van der Waals surface area contributed by atoms with E-state index in [1.807, 2.05) is 0 Å². The van der Waals surface area contributed by atoms with Gasteiger partial charge in [-0.3, -0.25) is 4.79 Å². The summed E-state index contributed by atoms with van der Waals surface area (Å²) in [5, 5.41) is 0.131. The van der Waals surface area contributed by atoms with Gasteiger partial charge in [-0.05, 0) is 12.1 Å². The second-order valence-corrected chi connectivity index (χ2v) is 4.51. The Morgan fingerprint density at radius 2 is 2.21 bits per heavy atom. The Morgan fingerprint density at radius 1 is 1.53 bits per heavy atom. The zero-order valence-electron chi connectivity index (χ0n) is 9.95. The number of esters is 1. The molecule has 9 heteroatoms. The van der Waals surface area contributed by atoms with Crippen LogP contribution in [-0.2, 0) is 15.7 Å². The number of hydrazine groups is 1. The van der Waals surface area contributed by atoms with Crippen LogP contribution in [0.15, 0.2) is 17.2 Å². The van der Waals surface area contributed by atoms with Gasteiger partial charge in [0.05, 0.1) is 24.1 Å². The number of nitrogens with zero attached hydrogens (tertiary/aromatic N) is 1. The summed E-state index contributed by atoms with van der Waals surface area (Å²) in [5.74, 6) is 4.81. The summed E-state index contributed by atoms with van der Waals surface area (Å²) in [6.07, 6.45) is -4.39. The lowest BCUT2D eigenvalue weighted by Gasteiger charge is -2.10. The molecule has 0 aliphatic heterocycles. The molecule has 0 unspecified atom stereocenters. The Labute approximate surface area is 111 Å². The summed E-state index contributed by atoms with van der Waals surface area (Å²) >= 11 is 1.02. The van der Waals surface area contributed by atoms with Crippen LogP contribution in [0.1, 0.15) is 12.0 Å². The highest BCUT2D eigenvalue weighted by Crippen LogP contribution is 2.33. The van der Waals surface area contributed by atoms with E-state index in [0.29, 0.717) is 0 Å². The fourth-order valence-electron chi connectivity index (χ4n) is 1.16. The van der Waals surface area contributed by atoms with Crippen molar-refractivity contribution in [2.24, 2.45) is 5.84 Å². The van der Waals surface area contributed by atoms with Crippen molar-refractivity contribution in [1.82, 2.24) is 4.98 Å². The van der Waals surface area contributed by atoms with Crippen molar-refractivity contribution >= 4 is 23.5 Å². The monoisotopic (exact) mass is 295 g/mol. The molecule has 5 nitrogen and oxygen atoms in total. The molecule has 0 amide bonds. The first kappa shape index (κ1) is 15.6. The molecule has 1 rings (SSSR count). The van der Waals surface area contributed by atoms with E-state index in [1.165, 1.54) is 7.11 Å². The number of pyridine rings is 1. The number of hydrogen-bond acceptors (Lipinski definition) is 6. The largest absolute Gasteiger partial charge is 0.469 e. The Bertz CT molecular complexity index is 454. The van der Waals surface area contributed by atoms with Crippen molar-refractivity contribution in [2.45, 2.75) is 17.6 Å². The fourth-order valence-corrected chi connectivity index (χ4v) is 2.01. The molecule has 0 saturated heterocycles. The van der Waals surface area contributed by atoms with Gasteiger partial charge < -0.3 is 10.2 Å². The Hall–Kier alpha value is -1.48. The van der Waals surface area contributed by atoms with E-state index < -0.39 is 17.7 Å². The van der Waals surface area contributed by atoms with Crippen LogP contribution >= 0.6 is 11.8 Å². The van der Waals surface area contributed by atoms with Gasteiger partial charge >= 0.3 is 12.1 Å². The molecule has 0 radical (unpaired) electrons. The average Bonchev–Trinajstić information content (AvgIpc) is 2.37. The van der Waals surface area contributed by atoms with E-state index in [1.54, 1.807) is 0 Å². The van der Waals surface area contributed by atoms with E-state index in [-0.39, 0.29) is 23.0 Å². The van der Waals surface area contributed by atoms with Crippen molar-refractivity contribution in [2.75, 3.05) is 18.3 Å². The molecule has 0 aliphatic carbocycles. The van der Waals surface area contributed by atoms with Gasteiger partial charge in [0, 0.05) is 5.75 Å². The summed E-state index contributed by atoms with van der Waals surface area (Å²) in [4.78, 5) is 14.7. The SMILES string of the molecule is COC(=O)CCSc1cc(C(F)(F)F)cc(NN)n1. The highest BCUT2D eigenvalue weighted by atomic mass is 32.2. The van der Waals surface area contributed by atoms with Crippen molar-refractivity contribution < 1.29 is 22.7 Å². The molecule has 0 saturated carbocycles. The van der Waals surface area contributed by atoms with Crippen LogP contribution in [0.25, 0.3) is 0 Å². The molecular weight excluding hydrogens is 283 g/mol. The lowest BCUT2D eigenvalue weighted by Crippen LogP contribution is -2.12.